The van der Waals surface area contributed by atoms with Crippen LogP contribution < -0.4 is 4.74 Å². The van der Waals surface area contributed by atoms with E-state index >= 15 is 0 Å². The molecule has 3 aromatic rings. The highest BCUT2D eigenvalue weighted by atomic mass is 35.5. The quantitative estimate of drug-likeness (QED) is 0.637. The third-order valence-electron chi connectivity index (χ3n) is 4.70. The predicted molar refractivity (Wildman–Crippen MR) is 107 cm³/mol. The van der Waals surface area contributed by atoms with Crippen molar-refractivity contribution in [1.29, 1.82) is 0 Å². The van der Waals surface area contributed by atoms with Crippen molar-refractivity contribution in [3.05, 3.63) is 59.8 Å². The maximum atomic E-state index is 5.94. The molecule has 1 saturated heterocycles. The van der Waals surface area contributed by atoms with Gasteiger partial charge in [-0.25, -0.2) is 0 Å². The lowest BCUT2D eigenvalue weighted by atomic mass is 10.1. The van der Waals surface area contributed by atoms with Gasteiger partial charge in [0.2, 0.25) is 5.88 Å². The molecule has 0 saturated carbocycles. The van der Waals surface area contributed by atoms with Crippen LogP contribution in [-0.2, 0) is 0 Å². The lowest BCUT2D eigenvalue weighted by Crippen LogP contribution is -2.25. The average molecular weight is 381 g/mol. The molecular formula is C21H21ClN4O. The normalized spacial score (nSPS) is 14.4. The summed E-state index contributed by atoms with van der Waals surface area (Å²) in [6, 6.07) is 15.4. The van der Waals surface area contributed by atoms with E-state index in [-0.39, 0.29) is 0 Å². The lowest BCUT2D eigenvalue weighted by molar-refractivity contribution is 0.230. The Morgan fingerprint density at radius 1 is 0.852 bits per heavy atom. The van der Waals surface area contributed by atoms with E-state index < -0.39 is 0 Å². The Labute approximate surface area is 164 Å². The van der Waals surface area contributed by atoms with Crippen LogP contribution in [0.15, 0.2) is 54.7 Å². The fourth-order valence-electron chi connectivity index (χ4n) is 3.18. The second-order valence-electron chi connectivity index (χ2n) is 6.59. The van der Waals surface area contributed by atoms with Crippen molar-refractivity contribution in [3.8, 4) is 28.4 Å². The van der Waals surface area contributed by atoms with Crippen LogP contribution in [0.5, 0.6) is 5.88 Å². The van der Waals surface area contributed by atoms with Gasteiger partial charge in [0.05, 0.1) is 5.69 Å². The Morgan fingerprint density at radius 3 is 2.26 bits per heavy atom. The molecule has 1 aliphatic rings. The number of nitrogens with zero attached hydrogens (tertiary/aromatic N) is 4. The van der Waals surface area contributed by atoms with E-state index in [1.807, 2.05) is 54.7 Å². The van der Waals surface area contributed by atoms with E-state index in [0.717, 1.165) is 34.1 Å². The number of pyridine rings is 1. The summed E-state index contributed by atoms with van der Waals surface area (Å²) in [5.74, 6) is 0.552. The van der Waals surface area contributed by atoms with Crippen LogP contribution in [0.1, 0.15) is 12.8 Å². The summed E-state index contributed by atoms with van der Waals surface area (Å²) in [4.78, 5) is 6.92. The van der Waals surface area contributed by atoms with Gasteiger partial charge in [0.25, 0.3) is 0 Å². The van der Waals surface area contributed by atoms with Crippen molar-refractivity contribution < 1.29 is 4.74 Å². The minimum atomic E-state index is 0.552. The summed E-state index contributed by atoms with van der Waals surface area (Å²) in [7, 11) is 0. The predicted octanol–water partition coefficient (Wildman–Crippen LogP) is 4.33. The van der Waals surface area contributed by atoms with Crippen LogP contribution in [0.4, 0.5) is 0 Å². The van der Waals surface area contributed by atoms with Crippen LogP contribution in [0.2, 0.25) is 5.02 Å². The van der Waals surface area contributed by atoms with E-state index in [2.05, 4.69) is 20.1 Å². The van der Waals surface area contributed by atoms with Crippen LogP contribution in [0.3, 0.4) is 0 Å². The SMILES string of the molecule is Clc1ccc(-c2ccc(-c3ccc(OCCN4CCCC4)nn3)nc2)cc1. The number of likely N-dealkylation sites (tertiary alicyclic amines) is 1. The van der Waals surface area contributed by atoms with Gasteiger partial charge in [-0.05, 0) is 55.8 Å². The highest BCUT2D eigenvalue weighted by Gasteiger charge is 2.11. The summed E-state index contributed by atoms with van der Waals surface area (Å²) in [5.41, 5.74) is 3.62. The van der Waals surface area contributed by atoms with Crippen LogP contribution in [-0.4, -0.2) is 46.3 Å². The Morgan fingerprint density at radius 2 is 1.59 bits per heavy atom. The van der Waals surface area contributed by atoms with Crippen molar-refractivity contribution in [2.75, 3.05) is 26.2 Å². The monoisotopic (exact) mass is 380 g/mol. The first-order valence-corrected chi connectivity index (χ1v) is 9.57. The first kappa shape index (κ1) is 17.9. The summed E-state index contributed by atoms with van der Waals surface area (Å²) >= 11 is 5.94. The molecular weight excluding hydrogens is 360 g/mol. The van der Waals surface area contributed by atoms with Gasteiger partial charge < -0.3 is 4.74 Å². The zero-order valence-corrected chi connectivity index (χ0v) is 15.8. The molecule has 0 N–H and O–H groups in total. The minimum Gasteiger partial charge on any atom is -0.475 e. The Hall–Kier alpha value is -2.50. The second-order valence-corrected chi connectivity index (χ2v) is 7.03. The number of rotatable bonds is 6. The molecule has 1 fully saturated rings. The largest absolute Gasteiger partial charge is 0.475 e. The molecule has 4 rings (SSSR count). The minimum absolute atomic E-state index is 0.552. The summed E-state index contributed by atoms with van der Waals surface area (Å²) in [5, 5.41) is 9.13. The number of halogens is 1. The molecule has 2 aromatic heterocycles. The molecule has 0 amide bonds. The Balaban J connectivity index is 1.37. The van der Waals surface area contributed by atoms with Gasteiger partial charge in [0.15, 0.2) is 0 Å². The van der Waals surface area contributed by atoms with Crippen molar-refractivity contribution in [2.45, 2.75) is 12.8 Å². The maximum absolute atomic E-state index is 5.94. The van der Waals surface area contributed by atoms with Crippen molar-refractivity contribution in [3.63, 3.8) is 0 Å². The molecule has 6 heteroatoms. The smallest absolute Gasteiger partial charge is 0.233 e. The number of aromatic nitrogens is 3. The van der Waals surface area contributed by atoms with Gasteiger partial charge in [0, 0.05) is 29.4 Å². The molecule has 27 heavy (non-hydrogen) atoms. The molecule has 1 aromatic carbocycles. The topological polar surface area (TPSA) is 51.1 Å². The summed E-state index contributed by atoms with van der Waals surface area (Å²) in [6.07, 6.45) is 4.41. The molecule has 0 spiro atoms. The van der Waals surface area contributed by atoms with Gasteiger partial charge in [-0.15, -0.1) is 10.2 Å². The van der Waals surface area contributed by atoms with Crippen molar-refractivity contribution in [1.82, 2.24) is 20.1 Å². The van der Waals surface area contributed by atoms with E-state index in [4.69, 9.17) is 16.3 Å². The third-order valence-corrected chi connectivity index (χ3v) is 4.95. The summed E-state index contributed by atoms with van der Waals surface area (Å²) < 4.78 is 5.70. The van der Waals surface area contributed by atoms with Gasteiger partial charge in [0.1, 0.15) is 12.3 Å². The molecule has 0 bridgehead atoms. The zero-order valence-electron chi connectivity index (χ0n) is 15.0. The number of hydrogen-bond donors (Lipinski definition) is 0. The van der Waals surface area contributed by atoms with E-state index in [0.29, 0.717) is 12.5 Å². The molecule has 138 valence electrons. The fraction of sp³-hybridized carbons (Fsp3) is 0.286. The molecule has 5 nitrogen and oxygen atoms in total. The highest BCUT2D eigenvalue weighted by Crippen LogP contribution is 2.23. The number of ether oxygens (including phenoxy) is 1. The number of benzene rings is 1. The average Bonchev–Trinajstić information content (AvgIpc) is 3.23. The van der Waals surface area contributed by atoms with E-state index in [1.54, 1.807) is 0 Å². The first-order valence-electron chi connectivity index (χ1n) is 9.19. The molecule has 0 aliphatic carbocycles. The molecule has 0 atom stereocenters. The van der Waals surface area contributed by atoms with Gasteiger partial charge >= 0.3 is 0 Å². The standard InChI is InChI=1S/C21H21ClN4O/c22-18-6-3-16(4-7-18)17-5-8-19(23-15-17)20-9-10-21(25-24-20)27-14-13-26-11-1-2-12-26/h3-10,15H,1-2,11-14H2. The molecule has 0 unspecified atom stereocenters. The lowest BCUT2D eigenvalue weighted by Gasteiger charge is -2.14. The molecule has 1 aliphatic heterocycles. The third kappa shape index (κ3) is 4.62. The van der Waals surface area contributed by atoms with Gasteiger partial charge in [-0.1, -0.05) is 29.8 Å². The van der Waals surface area contributed by atoms with Crippen molar-refractivity contribution >= 4 is 11.6 Å². The molecule has 3 heterocycles. The van der Waals surface area contributed by atoms with E-state index in [9.17, 15) is 0 Å². The Bertz CT molecular complexity index is 860. The molecule has 0 radical (unpaired) electrons. The summed E-state index contributed by atoms with van der Waals surface area (Å²) in [6.45, 7) is 3.93. The second kappa shape index (κ2) is 8.46. The zero-order chi connectivity index (χ0) is 18.5. The van der Waals surface area contributed by atoms with Crippen molar-refractivity contribution in [2.24, 2.45) is 0 Å². The van der Waals surface area contributed by atoms with Gasteiger partial charge in [-0.2, -0.15) is 0 Å². The highest BCUT2D eigenvalue weighted by molar-refractivity contribution is 6.30. The number of hydrogen-bond acceptors (Lipinski definition) is 5. The maximum Gasteiger partial charge on any atom is 0.233 e. The van der Waals surface area contributed by atoms with E-state index in [1.165, 1.54) is 25.9 Å². The Kier molecular flexibility index (Phi) is 5.61. The first-order chi connectivity index (χ1) is 13.3. The van der Waals surface area contributed by atoms with Gasteiger partial charge in [-0.3, -0.25) is 9.88 Å². The van der Waals surface area contributed by atoms with Crippen LogP contribution >= 0.6 is 11.6 Å². The van der Waals surface area contributed by atoms with Crippen LogP contribution in [0, 0.1) is 0 Å². The van der Waals surface area contributed by atoms with Crippen LogP contribution in [0.25, 0.3) is 22.5 Å². The fourth-order valence-corrected chi connectivity index (χ4v) is 3.30.